The summed E-state index contributed by atoms with van der Waals surface area (Å²) in [7, 11) is 0. The molecule has 1 aliphatic heterocycles. The lowest BCUT2D eigenvalue weighted by Gasteiger charge is -2.35. The number of aromatic nitrogens is 1. The minimum Gasteiger partial charge on any atom is -0.396 e. The van der Waals surface area contributed by atoms with E-state index in [4.69, 9.17) is 5.11 Å². The number of thiazole rings is 1. The number of likely N-dealkylation sites (tertiary alicyclic amines) is 1. The number of benzene rings is 1. The summed E-state index contributed by atoms with van der Waals surface area (Å²) in [6, 6.07) is 6.09. The first-order valence-electron chi connectivity index (χ1n) is 17.1. The Labute approximate surface area is 279 Å². The average molecular weight is 657 g/mol. The molecule has 3 rings (SSSR count). The third-order valence-electron chi connectivity index (χ3n) is 8.87. The Morgan fingerprint density at radius 2 is 1.54 bits per heavy atom. The Morgan fingerprint density at radius 3 is 2.09 bits per heavy atom. The lowest BCUT2D eigenvalue weighted by molar-refractivity contribution is -0.144. The number of nitrogens with zero attached hydrogens (tertiary/aromatic N) is 2. The zero-order valence-corrected chi connectivity index (χ0v) is 29.3. The minimum atomic E-state index is -0.819. The van der Waals surface area contributed by atoms with Gasteiger partial charge in [0, 0.05) is 26.0 Å². The lowest BCUT2D eigenvalue weighted by atomic mass is 9.85. The predicted octanol–water partition coefficient (Wildman–Crippen LogP) is 6.07. The van der Waals surface area contributed by atoms with E-state index in [1.54, 1.807) is 11.3 Å². The molecule has 1 aliphatic rings. The normalized spacial score (nSPS) is 17.9. The van der Waals surface area contributed by atoms with Gasteiger partial charge in [0.25, 0.3) is 0 Å². The van der Waals surface area contributed by atoms with Gasteiger partial charge >= 0.3 is 0 Å². The molecule has 256 valence electrons. The van der Waals surface area contributed by atoms with Crippen LogP contribution in [0.4, 0.5) is 0 Å². The van der Waals surface area contributed by atoms with Crippen LogP contribution in [0.5, 0.6) is 0 Å². The molecule has 4 atom stereocenters. The summed E-state index contributed by atoms with van der Waals surface area (Å²) in [4.78, 5) is 47.2. The molecule has 0 radical (unpaired) electrons. The molecule has 0 aliphatic carbocycles. The number of hydrogen-bond donors (Lipinski definition) is 4. The zero-order chi connectivity index (χ0) is 33.7. The van der Waals surface area contributed by atoms with Crippen molar-refractivity contribution in [2.75, 3.05) is 13.2 Å². The number of aliphatic hydroxyl groups is 2. The molecular formula is C36H56N4O5S. The molecule has 0 bridgehead atoms. The second-order valence-electron chi connectivity index (χ2n) is 13.9. The number of aliphatic hydroxyl groups excluding tert-OH is 2. The molecule has 0 unspecified atom stereocenters. The van der Waals surface area contributed by atoms with E-state index < -0.39 is 23.6 Å². The monoisotopic (exact) mass is 656 g/mol. The van der Waals surface area contributed by atoms with E-state index in [9.17, 15) is 19.5 Å². The Hall–Kier alpha value is -2.82. The van der Waals surface area contributed by atoms with Crippen molar-refractivity contribution in [3.05, 3.63) is 41.0 Å². The van der Waals surface area contributed by atoms with E-state index in [1.165, 1.54) is 30.6 Å². The van der Waals surface area contributed by atoms with Crippen LogP contribution in [0.25, 0.3) is 10.4 Å². The van der Waals surface area contributed by atoms with Crippen molar-refractivity contribution in [3.63, 3.8) is 0 Å². The first-order valence-corrected chi connectivity index (χ1v) is 18.0. The van der Waals surface area contributed by atoms with Crippen molar-refractivity contribution in [2.45, 2.75) is 136 Å². The highest BCUT2D eigenvalue weighted by Gasteiger charge is 2.44. The van der Waals surface area contributed by atoms with Crippen LogP contribution in [0.3, 0.4) is 0 Å². The van der Waals surface area contributed by atoms with Crippen LogP contribution in [0, 0.1) is 12.3 Å². The Kier molecular flexibility index (Phi) is 15.1. The molecule has 2 heterocycles. The maximum absolute atomic E-state index is 13.9. The van der Waals surface area contributed by atoms with Crippen LogP contribution < -0.4 is 10.6 Å². The molecule has 9 nitrogen and oxygen atoms in total. The van der Waals surface area contributed by atoms with Gasteiger partial charge in [-0.1, -0.05) is 96.4 Å². The number of nitrogens with one attached hydrogen (secondary N) is 2. The summed E-state index contributed by atoms with van der Waals surface area (Å²) < 4.78 is 0. The number of aryl methyl sites for hydroxylation is 1. The first-order chi connectivity index (χ1) is 21.9. The van der Waals surface area contributed by atoms with Crippen LogP contribution in [0.15, 0.2) is 29.8 Å². The number of amides is 3. The molecule has 46 heavy (non-hydrogen) atoms. The Morgan fingerprint density at radius 1 is 0.957 bits per heavy atom. The third-order valence-corrected chi connectivity index (χ3v) is 9.85. The van der Waals surface area contributed by atoms with E-state index in [-0.39, 0.29) is 43.3 Å². The number of carbonyl (C=O) groups excluding carboxylic acids is 3. The van der Waals surface area contributed by atoms with Crippen LogP contribution in [0.2, 0.25) is 0 Å². The summed E-state index contributed by atoms with van der Waals surface area (Å²) >= 11 is 1.59. The van der Waals surface area contributed by atoms with Gasteiger partial charge < -0.3 is 25.7 Å². The van der Waals surface area contributed by atoms with Crippen molar-refractivity contribution in [2.24, 2.45) is 5.41 Å². The highest BCUT2D eigenvalue weighted by molar-refractivity contribution is 7.13. The molecule has 1 fully saturated rings. The largest absolute Gasteiger partial charge is 0.396 e. The molecule has 4 N–H and O–H groups in total. The number of hydrogen-bond acceptors (Lipinski definition) is 7. The van der Waals surface area contributed by atoms with Crippen LogP contribution in [0.1, 0.15) is 122 Å². The standard InChI is InChI=1S/C36H56N4O5S/c1-25(27-17-19-28(20-18-27)32-26(2)37-24-46-32)38-34(44)30-22-29(42)23-40(30)35(45)33(36(3,4)5)39-31(43)16-14-12-10-8-6-7-9-11-13-15-21-41/h17-20,24-25,29-30,33,41-42H,6-16,21-23H2,1-5H3,(H,38,44)(H,39,43)/t25-,29+,30-,33+/m0/s1. The SMILES string of the molecule is Cc1ncsc1-c1ccc([C@H](C)NC(=O)[C@@H]2C[C@@H](O)CN2C(=O)[C@@H](NC(=O)CCCCCCCCCCCCO)C(C)(C)C)cc1. The fourth-order valence-electron chi connectivity index (χ4n) is 6.06. The zero-order valence-electron chi connectivity index (χ0n) is 28.5. The highest BCUT2D eigenvalue weighted by atomic mass is 32.1. The van der Waals surface area contributed by atoms with Gasteiger partial charge in [0.15, 0.2) is 0 Å². The van der Waals surface area contributed by atoms with Crippen LogP contribution in [-0.4, -0.2) is 69.2 Å². The van der Waals surface area contributed by atoms with E-state index in [2.05, 4.69) is 15.6 Å². The fourth-order valence-corrected chi connectivity index (χ4v) is 6.87. The van der Waals surface area contributed by atoms with Gasteiger partial charge in [0.2, 0.25) is 17.7 Å². The molecule has 1 aromatic carbocycles. The topological polar surface area (TPSA) is 132 Å². The number of carbonyl (C=O) groups is 3. The van der Waals surface area contributed by atoms with E-state index in [0.717, 1.165) is 60.2 Å². The smallest absolute Gasteiger partial charge is 0.246 e. The summed E-state index contributed by atoms with van der Waals surface area (Å²) in [5.41, 5.74) is 4.24. The molecule has 10 heteroatoms. The van der Waals surface area contributed by atoms with Gasteiger partial charge in [-0.25, -0.2) is 4.98 Å². The van der Waals surface area contributed by atoms with Gasteiger partial charge in [0.05, 0.1) is 28.2 Å². The second-order valence-corrected chi connectivity index (χ2v) is 14.7. The Balaban J connectivity index is 1.51. The van der Waals surface area contributed by atoms with Gasteiger partial charge in [-0.3, -0.25) is 14.4 Å². The van der Waals surface area contributed by atoms with Crippen molar-refractivity contribution >= 4 is 29.1 Å². The van der Waals surface area contributed by atoms with Gasteiger partial charge in [0.1, 0.15) is 12.1 Å². The minimum absolute atomic E-state index is 0.0537. The first kappa shape index (κ1) is 37.6. The van der Waals surface area contributed by atoms with Crippen LogP contribution >= 0.6 is 11.3 Å². The molecule has 1 saturated heterocycles. The summed E-state index contributed by atoms with van der Waals surface area (Å²) in [5.74, 6) is -0.819. The van der Waals surface area contributed by atoms with E-state index >= 15 is 0 Å². The highest BCUT2D eigenvalue weighted by Crippen LogP contribution is 2.29. The molecule has 0 saturated carbocycles. The van der Waals surface area contributed by atoms with Gasteiger partial charge in [-0.05, 0) is 43.2 Å². The number of rotatable bonds is 18. The quantitative estimate of drug-likeness (QED) is 0.144. The molecular weight excluding hydrogens is 600 g/mol. The molecule has 3 amide bonds. The van der Waals surface area contributed by atoms with Crippen LogP contribution in [-0.2, 0) is 14.4 Å². The van der Waals surface area contributed by atoms with Crippen molar-refractivity contribution in [3.8, 4) is 10.4 Å². The summed E-state index contributed by atoms with van der Waals surface area (Å²) in [5, 5.41) is 25.4. The summed E-state index contributed by atoms with van der Waals surface area (Å²) in [6.07, 6.45) is 10.5. The van der Waals surface area contributed by atoms with Crippen molar-refractivity contribution < 1.29 is 24.6 Å². The van der Waals surface area contributed by atoms with E-state index in [0.29, 0.717) is 6.42 Å². The van der Waals surface area contributed by atoms with Gasteiger partial charge in [-0.15, -0.1) is 11.3 Å². The number of unbranched alkanes of at least 4 members (excludes halogenated alkanes) is 9. The maximum Gasteiger partial charge on any atom is 0.246 e. The summed E-state index contributed by atoms with van der Waals surface area (Å²) in [6.45, 7) is 9.93. The lowest BCUT2D eigenvalue weighted by Crippen LogP contribution is -2.57. The molecule has 2 aromatic rings. The number of β-amino-alcohol motifs (C(OH)–C–C–N with tert-alkyl or cyclic N) is 1. The van der Waals surface area contributed by atoms with Crippen molar-refractivity contribution in [1.82, 2.24) is 20.5 Å². The third kappa shape index (κ3) is 11.5. The fraction of sp³-hybridized carbons (Fsp3) is 0.667. The van der Waals surface area contributed by atoms with Gasteiger partial charge in [-0.2, -0.15) is 0 Å². The predicted molar refractivity (Wildman–Crippen MR) is 184 cm³/mol. The molecule has 1 aromatic heterocycles. The van der Waals surface area contributed by atoms with Crippen molar-refractivity contribution in [1.29, 1.82) is 0 Å². The second kappa shape index (κ2) is 18.5. The average Bonchev–Trinajstić information content (AvgIpc) is 3.63. The Bertz CT molecular complexity index is 1240. The maximum atomic E-state index is 13.9. The van der Waals surface area contributed by atoms with E-state index in [1.807, 2.05) is 64.4 Å². The molecule has 0 spiro atoms.